The number of nitrogens with one attached hydrogen (secondary N) is 1. The third-order valence-electron chi connectivity index (χ3n) is 5.38. The van der Waals surface area contributed by atoms with Crippen molar-refractivity contribution >= 4 is 11.3 Å². The van der Waals surface area contributed by atoms with Crippen LogP contribution < -0.4 is 5.32 Å². The van der Waals surface area contributed by atoms with Gasteiger partial charge < -0.3 is 9.88 Å². The molecule has 0 aliphatic carbocycles. The maximum absolute atomic E-state index is 4.98. The molecule has 25 heavy (non-hydrogen) atoms. The molecule has 6 nitrogen and oxygen atoms in total. The van der Waals surface area contributed by atoms with E-state index >= 15 is 0 Å². The predicted molar refractivity (Wildman–Crippen MR) is 101 cm³/mol. The first kappa shape index (κ1) is 17.1. The van der Waals surface area contributed by atoms with Crippen LogP contribution in [0.15, 0.2) is 12.4 Å². The molecule has 0 spiro atoms. The fraction of sp³-hybridized carbons (Fsp3) is 0.667. The Bertz CT molecular complexity index is 721. The first-order chi connectivity index (χ1) is 12.1. The lowest BCUT2D eigenvalue weighted by Crippen LogP contribution is -2.46. The van der Waals surface area contributed by atoms with Crippen molar-refractivity contribution in [2.75, 3.05) is 26.2 Å². The summed E-state index contributed by atoms with van der Waals surface area (Å²) in [7, 11) is 2.08. The smallest absolute Gasteiger partial charge is 0.127 e. The molecule has 7 heteroatoms. The molecule has 1 fully saturated rings. The number of thiazole rings is 1. The van der Waals surface area contributed by atoms with E-state index in [0.29, 0.717) is 12.1 Å². The van der Waals surface area contributed by atoms with Crippen LogP contribution in [0.3, 0.4) is 0 Å². The highest BCUT2D eigenvalue weighted by molar-refractivity contribution is 7.11. The van der Waals surface area contributed by atoms with Crippen LogP contribution in [0.4, 0.5) is 0 Å². The fourth-order valence-corrected chi connectivity index (χ4v) is 5.01. The molecule has 0 amide bonds. The normalized spacial score (nSPS) is 22.5. The van der Waals surface area contributed by atoms with E-state index in [2.05, 4.69) is 45.6 Å². The third-order valence-corrected chi connectivity index (χ3v) is 6.45. The largest absolute Gasteiger partial charge is 0.337 e. The molecule has 0 saturated carbocycles. The molecule has 1 saturated heterocycles. The van der Waals surface area contributed by atoms with Gasteiger partial charge in [-0.2, -0.15) is 0 Å². The highest BCUT2D eigenvalue weighted by Gasteiger charge is 2.29. The molecule has 2 aliphatic rings. The second kappa shape index (κ2) is 7.15. The number of fused-ring (bicyclic) bond motifs is 1. The van der Waals surface area contributed by atoms with Crippen molar-refractivity contribution in [2.24, 2.45) is 7.05 Å². The van der Waals surface area contributed by atoms with Crippen molar-refractivity contribution < 1.29 is 0 Å². The highest BCUT2D eigenvalue weighted by Crippen LogP contribution is 2.29. The maximum atomic E-state index is 4.98. The van der Waals surface area contributed by atoms with Crippen molar-refractivity contribution in [3.63, 3.8) is 0 Å². The monoisotopic (exact) mass is 360 g/mol. The van der Waals surface area contributed by atoms with Crippen molar-refractivity contribution in [2.45, 2.75) is 45.4 Å². The van der Waals surface area contributed by atoms with E-state index in [9.17, 15) is 0 Å². The minimum Gasteiger partial charge on any atom is -0.337 e. The van der Waals surface area contributed by atoms with Gasteiger partial charge >= 0.3 is 0 Å². The highest BCUT2D eigenvalue weighted by atomic mass is 32.1. The van der Waals surface area contributed by atoms with Gasteiger partial charge in [0.1, 0.15) is 10.8 Å². The Hall–Kier alpha value is -1.28. The molecule has 0 aromatic carbocycles. The van der Waals surface area contributed by atoms with Crippen molar-refractivity contribution in [1.82, 2.24) is 29.7 Å². The summed E-state index contributed by atoms with van der Waals surface area (Å²) >= 11 is 1.91. The van der Waals surface area contributed by atoms with Crippen LogP contribution in [0.2, 0.25) is 0 Å². The number of hydrogen-bond donors (Lipinski definition) is 1. The topological polar surface area (TPSA) is 49.2 Å². The molecule has 0 radical (unpaired) electrons. The maximum Gasteiger partial charge on any atom is 0.127 e. The number of aryl methyl sites for hydroxylation is 1. The average molecular weight is 361 g/mol. The van der Waals surface area contributed by atoms with Gasteiger partial charge in [0.2, 0.25) is 0 Å². The minimum absolute atomic E-state index is 0.321. The molecular weight excluding hydrogens is 332 g/mol. The van der Waals surface area contributed by atoms with Crippen molar-refractivity contribution in [1.29, 1.82) is 0 Å². The van der Waals surface area contributed by atoms with Crippen LogP contribution in [0.25, 0.3) is 0 Å². The van der Waals surface area contributed by atoms with Crippen molar-refractivity contribution in [3.8, 4) is 0 Å². The van der Waals surface area contributed by atoms with E-state index in [1.807, 2.05) is 23.7 Å². The van der Waals surface area contributed by atoms with E-state index in [-0.39, 0.29) is 0 Å². The average Bonchev–Trinajstić information content (AvgIpc) is 3.20. The number of hydrogen-bond acceptors (Lipinski definition) is 6. The van der Waals surface area contributed by atoms with E-state index in [1.165, 1.54) is 15.6 Å². The zero-order chi connectivity index (χ0) is 17.4. The van der Waals surface area contributed by atoms with Gasteiger partial charge in [-0.05, 0) is 13.8 Å². The molecule has 2 aromatic heterocycles. The molecule has 2 aliphatic heterocycles. The summed E-state index contributed by atoms with van der Waals surface area (Å²) in [6.45, 7) is 10.7. The molecule has 1 unspecified atom stereocenters. The van der Waals surface area contributed by atoms with E-state index in [0.717, 1.165) is 51.5 Å². The van der Waals surface area contributed by atoms with Gasteiger partial charge in [0, 0.05) is 69.5 Å². The fourth-order valence-electron chi connectivity index (χ4n) is 3.84. The van der Waals surface area contributed by atoms with Crippen LogP contribution in [-0.4, -0.2) is 56.6 Å². The second-order valence-corrected chi connectivity index (χ2v) is 8.55. The van der Waals surface area contributed by atoms with Crippen LogP contribution >= 0.6 is 11.3 Å². The SMILES string of the molecule is CC(C)N1CCc2nc(CN3CCNCC3c3nccn3C)sc2C1. The lowest BCUT2D eigenvalue weighted by atomic mass is 10.1. The molecule has 1 atom stereocenters. The van der Waals surface area contributed by atoms with Gasteiger partial charge in [0.25, 0.3) is 0 Å². The Morgan fingerprint density at radius 3 is 3.00 bits per heavy atom. The second-order valence-electron chi connectivity index (χ2n) is 7.38. The molecule has 1 N–H and O–H groups in total. The summed E-state index contributed by atoms with van der Waals surface area (Å²) in [6.07, 6.45) is 5.02. The van der Waals surface area contributed by atoms with Crippen molar-refractivity contribution in [3.05, 3.63) is 33.8 Å². The first-order valence-electron chi connectivity index (χ1n) is 9.25. The van der Waals surface area contributed by atoms with Crippen LogP contribution in [0.1, 0.15) is 41.3 Å². The molecule has 0 bridgehead atoms. The molecule has 136 valence electrons. The Labute approximate surface area is 153 Å². The summed E-state index contributed by atoms with van der Waals surface area (Å²) in [5.41, 5.74) is 1.33. The summed E-state index contributed by atoms with van der Waals surface area (Å²) in [5, 5.41) is 4.78. The summed E-state index contributed by atoms with van der Waals surface area (Å²) in [5.74, 6) is 1.14. The van der Waals surface area contributed by atoms with Crippen LogP contribution in [0.5, 0.6) is 0 Å². The molecule has 4 rings (SSSR count). The Balaban J connectivity index is 1.50. The minimum atomic E-state index is 0.321. The molecule has 2 aromatic rings. The van der Waals surface area contributed by atoms with E-state index in [4.69, 9.17) is 4.98 Å². The summed E-state index contributed by atoms with van der Waals surface area (Å²) in [4.78, 5) is 16.1. The number of piperazine rings is 1. The summed E-state index contributed by atoms with van der Waals surface area (Å²) < 4.78 is 2.14. The number of nitrogens with zero attached hydrogens (tertiary/aromatic N) is 5. The number of rotatable bonds is 4. The molecule has 4 heterocycles. The third kappa shape index (κ3) is 3.51. The first-order valence-corrected chi connectivity index (χ1v) is 10.1. The zero-order valence-corrected chi connectivity index (χ0v) is 16.2. The predicted octanol–water partition coefficient (Wildman–Crippen LogP) is 1.79. The van der Waals surface area contributed by atoms with Gasteiger partial charge in [-0.3, -0.25) is 9.80 Å². The van der Waals surface area contributed by atoms with Gasteiger partial charge in [0.05, 0.1) is 18.3 Å². The number of aromatic nitrogens is 3. The zero-order valence-electron chi connectivity index (χ0n) is 15.4. The Kier molecular flexibility index (Phi) is 4.90. The van der Waals surface area contributed by atoms with Gasteiger partial charge in [-0.1, -0.05) is 0 Å². The molecular formula is C18H28N6S. The van der Waals surface area contributed by atoms with Gasteiger partial charge in [-0.15, -0.1) is 11.3 Å². The number of imidazole rings is 1. The Morgan fingerprint density at radius 1 is 1.36 bits per heavy atom. The van der Waals surface area contributed by atoms with Crippen LogP contribution in [-0.2, 0) is 26.6 Å². The lowest BCUT2D eigenvalue weighted by molar-refractivity contribution is 0.144. The van der Waals surface area contributed by atoms with Crippen LogP contribution in [0, 0.1) is 0 Å². The van der Waals surface area contributed by atoms with Gasteiger partial charge in [-0.25, -0.2) is 9.97 Å². The van der Waals surface area contributed by atoms with Gasteiger partial charge in [0.15, 0.2) is 0 Å². The van der Waals surface area contributed by atoms with E-state index in [1.54, 1.807) is 0 Å². The standard InChI is InChI=1S/C18H28N6S/c1-13(2)23-7-4-14-16(11-23)25-17(21-14)12-24-9-5-19-10-15(24)18-20-6-8-22(18)3/h6,8,13,15,19H,4-5,7,9-12H2,1-3H3. The summed E-state index contributed by atoms with van der Waals surface area (Å²) in [6, 6.07) is 0.932. The van der Waals surface area contributed by atoms with E-state index < -0.39 is 0 Å². The lowest BCUT2D eigenvalue weighted by Gasteiger charge is -2.35. The Morgan fingerprint density at radius 2 is 2.24 bits per heavy atom. The quantitative estimate of drug-likeness (QED) is 0.901.